The quantitative estimate of drug-likeness (QED) is 0.736. The van der Waals surface area contributed by atoms with Crippen LogP contribution in [0.2, 0.25) is 0 Å². The molecule has 0 saturated carbocycles. The van der Waals surface area contributed by atoms with Crippen LogP contribution >= 0.6 is 0 Å². The lowest BCUT2D eigenvalue weighted by Crippen LogP contribution is -1.91. The first-order valence-electron chi connectivity index (χ1n) is 6.22. The van der Waals surface area contributed by atoms with Crippen LogP contribution in [0.25, 0.3) is 10.9 Å². The first-order valence-corrected chi connectivity index (χ1v) is 6.22. The second-order valence-electron chi connectivity index (χ2n) is 4.40. The maximum absolute atomic E-state index is 5.81. The average Bonchev–Trinajstić information content (AvgIpc) is 2.46. The van der Waals surface area contributed by atoms with Gasteiger partial charge in [-0.3, -0.25) is 4.98 Å². The number of hydrogen-bond acceptors (Lipinski definition) is 4. The third-order valence-corrected chi connectivity index (χ3v) is 2.95. The number of pyridine rings is 1. The Hall–Kier alpha value is -2.75. The Morgan fingerprint density at radius 1 is 0.950 bits per heavy atom. The SMILES string of the molecule is COc1cc(N)cc(Oc2ccc3cccnc3c2)c1. The lowest BCUT2D eigenvalue weighted by molar-refractivity contribution is 0.409. The second-order valence-corrected chi connectivity index (χ2v) is 4.40. The van der Waals surface area contributed by atoms with Crippen molar-refractivity contribution >= 4 is 16.6 Å². The minimum atomic E-state index is 0.596. The molecule has 100 valence electrons. The van der Waals surface area contributed by atoms with Gasteiger partial charge < -0.3 is 15.2 Å². The summed E-state index contributed by atoms with van der Waals surface area (Å²) in [5, 5.41) is 1.07. The number of rotatable bonds is 3. The van der Waals surface area contributed by atoms with Crippen LogP contribution in [0.15, 0.2) is 54.7 Å². The lowest BCUT2D eigenvalue weighted by atomic mass is 10.2. The summed E-state index contributed by atoms with van der Waals surface area (Å²) in [4.78, 5) is 4.31. The zero-order valence-electron chi connectivity index (χ0n) is 11.0. The van der Waals surface area contributed by atoms with Crippen molar-refractivity contribution in [3.8, 4) is 17.2 Å². The van der Waals surface area contributed by atoms with E-state index < -0.39 is 0 Å². The van der Waals surface area contributed by atoms with Gasteiger partial charge >= 0.3 is 0 Å². The van der Waals surface area contributed by atoms with Gasteiger partial charge in [0.05, 0.1) is 12.6 Å². The van der Waals surface area contributed by atoms with Gasteiger partial charge in [-0.15, -0.1) is 0 Å². The average molecular weight is 266 g/mol. The molecule has 20 heavy (non-hydrogen) atoms. The fraction of sp³-hybridized carbons (Fsp3) is 0.0625. The fourth-order valence-electron chi connectivity index (χ4n) is 2.02. The van der Waals surface area contributed by atoms with Crippen molar-refractivity contribution in [3.63, 3.8) is 0 Å². The van der Waals surface area contributed by atoms with Crippen LogP contribution in [0.5, 0.6) is 17.2 Å². The Morgan fingerprint density at radius 3 is 2.65 bits per heavy atom. The fourth-order valence-corrected chi connectivity index (χ4v) is 2.02. The number of ether oxygens (including phenoxy) is 2. The highest BCUT2D eigenvalue weighted by atomic mass is 16.5. The predicted molar refractivity (Wildman–Crippen MR) is 79.2 cm³/mol. The molecule has 1 aromatic heterocycles. The maximum Gasteiger partial charge on any atom is 0.133 e. The van der Waals surface area contributed by atoms with Crippen LogP contribution in [0, 0.1) is 0 Å². The van der Waals surface area contributed by atoms with Crippen molar-refractivity contribution in [2.45, 2.75) is 0 Å². The molecule has 0 bridgehead atoms. The molecule has 2 N–H and O–H groups in total. The normalized spacial score (nSPS) is 10.4. The highest BCUT2D eigenvalue weighted by Crippen LogP contribution is 2.29. The summed E-state index contributed by atoms with van der Waals surface area (Å²) in [6.45, 7) is 0. The highest BCUT2D eigenvalue weighted by Gasteiger charge is 2.03. The molecule has 3 rings (SSSR count). The predicted octanol–water partition coefficient (Wildman–Crippen LogP) is 3.62. The van der Waals surface area contributed by atoms with Gasteiger partial charge in [0, 0.05) is 41.5 Å². The van der Waals surface area contributed by atoms with Gasteiger partial charge in [0.2, 0.25) is 0 Å². The molecule has 4 heteroatoms. The largest absolute Gasteiger partial charge is 0.497 e. The Bertz CT molecular complexity index is 756. The van der Waals surface area contributed by atoms with E-state index in [0.29, 0.717) is 22.9 Å². The summed E-state index contributed by atoms with van der Waals surface area (Å²) in [6.07, 6.45) is 1.76. The number of anilines is 1. The van der Waals surface area contributed by atoms with E-state index in [1.807, 2.05) is 30.3 Å². The molecule has 1 heterocycles. The molecule has 0 spiro atoms. The van der Waals surface area contributed by atoms with Gasteiger partial charge in [0.1, 0.15) is 17.2 Å². The van der Waals surface area contributed by atoms with E-state index in [2.05, 4.69) is 4.98 Å². The van der Waals surface area contributed by atoms with E-state index in [0.717, 1.165) is 10.9 Å². The Labute approximate surface area is 116 Å². The van der Waals surface area contributed by atoms with E-state index in [4.69, 9.17) is 15.2 Å². The number of methoxy groups -OCH3 is 1. The van der Waals surface area contributed by atoms with E-state index in [9.17, 15) is 0 Å². The van der Waals surface area contributed by atoms with Crippen molar-refractivity contribution in [2.75, 3.05) is 12.8 Å². The van der Waals surface area contributed by atoms with Crippen LogP contribution in [0.1, 0.15) is 0 Å². The first kappa shape index (κ1) is 12.3. The van der Waals surface area contributed by atoms with Crippen molar-refractivity contribution < 1.29 is 9.47 Å². The van der Waals surface area contributed by atoms with Crippen LogP contribution in [0.3, 0.4) is 0 Å². The van der Waals surface area contributed by atoms with Crippen LogP contribution in [-0.2, 0) is 0 Å². The van der Waals surface area contributed by atoms with Crippen LogP contribution in [0.4, 0.5) is 5.69 Å². The van der Waals surface area contributed by atoms with Crippen LogP contribution < -0.4 is 15.2 Å². The van der Waals surface area contributed by atoms with Gasteiger partial charge in [-0.05, 0) is 18.2 Å². The summed E-state index contributed by atoms with van der Waals surface area (Å²) in [6, 6.07) is 15.0. The van der Waals surface area contributed by atoms with Gasteiger partial charge in [0.15, 0.2) is 0 Å². The number of benzene rings is 2. The number of hydrogen-bond donors (Lipinski definition) is 1. The lowest BCUT2D eigenvalue weighted by Gasteiger charge is -2.09. The van der Waals surface area contributed by atoms with E-state index >= 15 is 0 Å². The monoisotopic (exact) mass is 266 g/mol. The third kappa shape index (κ3) is 2.49. The van der Waals surface area contributed by atoms with E-state index in [1.54, 1.807) is 31.5 Å². The molecule has 2 aromatic carbocycles. The van der Waals surface area contributed by atoms with Crippen molar-refractivity contribution in [3.05, 3.63) is 54.7 Å². The molecule has 0 fully saturated rings. The minimum Gasteiger partial charge on any atom is -0.497 e. The topological polar surface area (TPSA) is 57.4 Å². The summed E-state index contributed by atoms with van der Waals surface area (Å²) in [5.74, 6) is 2.01. The van der Waals surface area contributed by atoms with Gasteiger partial charge in [-0.25, -0.2) is 0 Å². The van der Waals surface area contributed by atoms with Crippen molar-refractivity contribution in [2.24, 2.45) is 0 Å². The molecule has 0 atom stereocenters. The van der Waals surface area contributed by atoms with Gasteiger partial charge in [-0.1, -0.05) is 6.07 Å². The number of nitrogen functional groups attached to an aromatic ring is 1. The molecule has 4 nitrogen and oxygen atoms in total. The van der Waals surface area contributed by atoms with Gasteiger partial charge in [-0.2, -0.15) is 0 Å². The standard InChI is InChI=1S/C16H14N2O2/c1-19-14-7-12(17)8-15(9-14)20-13-5-4-11-3-2-6-18-16(11)10-13/h2-10H,17H2,1H3. The molecule has 0 amide bonds. The molecule has 0 saturated heterocycles. The molecule has 0 radical (unpaired) electrons. The first-order chi connectivity index (χ1) is 9.74. The Balaban J connectivity index is 1.94. The molecule has 0 aliphatic heterocycles. The molecular weight excluding hydrogens is 252 g/mol. The number of aromatic nitrogens is 1. The highest BCUT2D eigenvalue weighted by molar-refractivity contribution is 5.79. The molecule has 0 aliphatic carbocycles. The van der Waals surface area contributed by atoms with E-state index in [-0.39, 0.29) is 0 Å². The second kappa shape index (κ2) is 5.09. The summed E-state index contributed by atoms with van der Waals surface area (Å²) in [5.41, 5.74) is 7.29. The van der Waals surface area contributed by atoms with Gasteiger partial charge in [0.25, 0.3) is 0 Å². The summed E-state index contributed by atoms with van der Waals surface area (Å²) < 4.78 is 11.0. The molecular formula is C16H14N2O2. The van der Waals surface area contributed by atoms with E-state index in [1.165, 1.54) is 0 Å². The van der Waals surface area contributed by atoms with Crippen molar-refractivity contribution in [1.29, 1.82) is 0 Å². The number of fused-ring (bicyclic) bond motifs is 1. The summed E-state index contributed by atoms with van der Waals surface area (Å²) in [7, 11) is 1.60. The molecule has 0 unspecified atom stereocenters. The molecule has 0 aliphatic rings. The Kier molecular flexibility index (Phi) is 3.13. The maximum atomic E-state index is 5.81. The molecule has 3 aromatic rings. The van der Waals surface area contributed by atoms with Crippen molar-refractivity contribution in [1.82, 2.24) is 4.98 Å². The zero-order chi connectivity index (χ0) is 13.9. The Morgan fingerprint density at radius 2 is 1.80 bits per heavy atom. The summed E-state index contributed by atoms with van der Waals surface area (Å²) >= 11 is 0. The number of nitrogens with two attached hydrogens (primary N) is 1. The van der Waals surface area contributed by atoms with Crippen LogP contribution in [-0.4, -0.2) is 12.1 Å². The number of nitrogens with zero attached hydrogens (tertiary/aromatic N) is 1. The smallest absolute Gasteiger partial charge is 0.133 e. The zero-order valence-corrected chi connectivity index (χ0v) is 11.0. The minimum absolute atomic E-state index is 0.596. The third-order valence-electron chi connectivity index (χ3n) is 2.95.